The van der Waals surface area contributed by atoms with E-state index in [1.807, 2.05) is 33.4 Å². The number of para-hydroxylation sites is 2. The monoisotopic (exact) mass is 544 g/mol. The number of fused-ring (bicyclic) bond motifs is 1. The molecule has 0 bridgehead atoms. The van der Waals surface area contributed by atoms with Crippen LogP contribution in [0.1, 0.15) is 39.9 Å². The maximum Gasteiger partial charge on any atom is 0.258 e. The lowest BCUT2D eigenvalue weighted by Gasteiger charge is -2.05. The van der Waals surface area contributed by atoms with Crippen LogP contribution < -0.4 is 21.5 Å². The Labute approximate surface area is 213 Å². The van der Waals surface area contributed by atoms with Crippen LogP contribution in [0.25, 0.3) is 11.0 Å². The number of carbonyl (C=O) groups is 2. The number of hydrogen-bond acceptors (Lipinski definition) is 2. The quantitative estimate of drug-likeness (QED) is 0.252. The third-order valence-electron chi connectivity index (χ3n) is 5.50. The van der Waals surface area contributed by atoms with Gasteiger partial charge in [-0.1, -0.05) is 42.3 Å². The number of Topliss-reactive ketones (excluding diaryl/α,β-unsaturated/α-hetero) is 2. The maximum atomic E-state index is 13.1. The van der Waals surface area contributed by atoms with Crippen molar-refractivity contribution in [1.29, 1.82) is 0 Å². The van der Waals surface area contributed by atoms with Gasteiger partial charge in [-0.25, -0.2) is 9.13 Å². The maximum absolute atomic E-state index is 13.1. The second kappa shape index (κ2) is 11.1. The first kappa shape index (κ1) is 25.2. The van der Waals surface area contributed by atoms with E-state index in [0.717, 1.165) is 29.7 Å². The number of rotatable bonds is 8. The Morgan fingerprint density at radius 2 is 1.36 bits per heavy atom. The fourth-order valence-electron chi connectivity index (χ4n) is 3.93. The number of halogens is 3. The highest BCUT2D eigenvalue weighted by molar-refractivity contribution is 6.31. The molecular formula is C26H23BrCl2N2O2. The predicted molar refractivity (Wildman–Crippen MR) is 128 cm³/mol. The largest absolute Gasteiger partial charge is 1.00 e. The summed E-state index contributed by atoms with van der Waals surface area (Å²) in [4.78, 5) is 26.1. The van der Waals surface area contributed by atoms with Gasteiger partial charge < -0.3 is 17.0 Å². The first-order valence-electron chi connectivity index (χ1n) is 10.6. The van der Waals surface area contributed by atoms with Crippen molar-refractivity contribution >= 4 is 45.8 Å². The van der Waals surface area contributed by atoms with Crippen LogP contribution in [0.3, 0.4) is 0 Å². The summed E-state index contributed by atoms with van der Waals surface area (Å²) >= 11 is 11.9. The molecule has 1 aromatic heterocycles. The van der Waals surface area contributed by atoms with Crippen LogP contribution in [0.4, 0.5) is 0 Å². The zero-order valence-electron chi connectivity index (χ0n) is 18.1. The first-order chi connectivity index (χ1) is 15.5. The summed E-state index contributed by atoms with van der Waals surface area (Å²) in [5.41, 5.74) is 3.08. The molecule has 1 heterocycles. The Bertz CT molecular complexity index is 1190. The lowest BCUT2D eigenvalue weighted by atomic mass is 10.1. The average Bonchev–Trinajstić information content (AvgIpc) is 3.07. The molecule has 33 heavy (non-hydrogen) atoms. The van der Waals surface area contributed by atoms with Crippen molar-refractivity contribution in [3.05, 3.63) is 99.8 Å². The molecular weight excluding hydrogens is 523 g/mol. The van der Waals surface area contributed by atoms with Crippen LogP contribution in [-0.4, -0.2) is 16.1 Å². The number of benzene rings is 3. The van der Waals surface area contributed by atoms with Gasteiger partial charge in [0.25, 0.3) is 5.82 Å². The van der Waals surface area contributed by atoms with Crippen LogP contribution in [0.2, 0.25) is 10.0 Å². The van der Waals surface area contributed by atoms with Crippen LogP contribution in [-0.2, 0) is 19.5 Å². The van der Waals surface area contributed by atoms with Gasteiger partial charge in [-0.2, -0.15) is 0 Å². The molecule has 4 aromatic rings. The molecule has 3 aromatic carbocycles. The summed E-state index contributed by atoms with van der Waals surface area (Å²) in [7, 11) is 0. The lowest BCUT2D eigenvalue weighted by Crippen LogP contribution is -3.00. The number of carbonyl (C=O) groups excluding carboxylic acids is 2. The molecule has 0 fully saturated rings. The van der Waals surface area contributed by atoms with Crippen molar-refractivity contribution in [1.82, 2.24) is 4.57 Å². The van der Waals surface area contributed by atoms with E-state index in [1.54, 1.807) is 48.5 Å². The average molecular weight is 546 g/mol. The Morgan fingerprint density at radius 1 is 0.818 bits per heavy atom. The van der Waals surface area contributed by atoms with Gasteiger partial charge >= 0.3 is 0 Å². The molecule has 0 aliphatic rings. The van der Waals surface area contributed by atoms with Gasteiger partial charge in [0.15, 0.2) is 24.1 Å². The molecule has 0 saturated heterocycles. The molecule has 170 valence electrons. The molecule has 0 amide bonds. The Hall–Kier alpha value is -2.47. The molecule has 0 N–H and O–H groups in total. The van der Waals surface area contributed by atoms with Crippen molar-refractivity contribution in [2.45, 2.75) is 32.9 Å². The predicted octanol–water partition coefficient (Wildman–Crippen LogP) is 2.96. The Morgan fingerprint density at radius 3 is 1.94 bits per heavy atom. The SMILES string of the molecule is CCCc1n(CC(=O)c2ccc(Cl)cc2)c2ccccc2[n+]1CC(=O)c1ccc(Cl)cc1.[Br-]. The number of nitrogens with zero attached hydrogens (tertiary/aromatic N) is 2. The Balaban J connectivity index is 0.00000306. The summed E-state index contributed by atoms with van der Waals surface area (Å²) in [6.07, 6.45) is 1.64. The van der Waals surface area contributed by atoms with Crippen molar-refractivity contribution in [2.75, 3.05) is 0 Å². The summed E-state index contributed by atoms with van der Waals surface area (Å²) in [5.74, 6) is 0.949. The van der Waals surface area contributed by atoms with Crippen LogP contribution in [0, 0.1) is 0 Å². The number of hydrogen-bond donors (Lipinski definition) is 0. The molecule has 0 radical (unpaired) electrons. The third kappa shape index (κ3) is 5.55. The van der Waals surface area contributed by atoms with Gasteiger partial charge in [0.1, 0.15) is 0 Å². The number of aromatic nitrogens is 2. The molecule has 4 nitrogen and oxygen atoms in total. The zero-order chi connectivity index (χ0) is 22.7. The zero-order valence-corrected chi connectivity index (χ0v) is 21.2. The van der Waals surface area contributed by atoms with E-state index in [4.69, 9.17) is 23.2 Å². The normalized spacial score (nSPS) is 10.8. The van der Waals surface area contributed by atoms with E-state index in [9.17, 15) is 9.59 Å². The third-order valence-corrected chi connectivity index (χ3v) is 6.00. The van der Waals surface area contributed by atoms with E-state index in [0.29, 0.717) is 21.2 Å². The van der Waals surface area contributed by atoms with E-state index < -0.39 is 0 Å². The topological polar surface area (TPSA) is 43.0 Å². The van der Waals surface area contributed by atoms with Crippen molar-refractivity contribution in [3.8, 4) is 0 Å². The lowest BCUT2D eigenvalue weighted by molar-refractivity contribution is -0.665. The molecule has 0 aliphatic carbocycles. The van der Waals surface area contributed by atoms with E-state index >= 15 is 0 Å². The summed E-state index contributed by atoms with van der Waals surface area (Å²) in [6.45, 7) is 2.48. The minimum Gasteiger partial charge on any atom is -1.00 e. The van der Waals surface area contributed by atoms with E-state index in [1.165, 1.54) is 0 Å². The molecule has 4 rings (SSSR count). The van der Waals surface area contributed by atoms with Crippen LogP contribution >= 0.6 is 23.2 Å². The molecule has 0 saturated carbocycles. The van der Waals surface area contributed by atoms with E-state index in [-0.39, 0.29) is 41.6 Å². The minimum atomic E-state index is -0.00375. The van der Waals surface area contributed by atoms with Gasteiger partial charge in [0.05, 0.1) is 0 Å². The fourth-order valence-corrected chi connectivity index (χ4v) is 4.18. The molecule has 7 heteroatoms. The van der Waals surface area contributed by atoms with Crippen LogP contribution in [0.5, 0.6) is 0 Å². The minimum absolute atomic E-state index is 0. The Kier molecular flexibility index (Phi) is 8.46. The molecule has 0 unspecified atom stereocenters. The molecule has 0 aliphatic heterocycles. The smallest absolute Gasteiger partial charge is 0.258 e. The molecule has 0 spiro atoms. The second-order valence-corrected chi connectivity index (χ2v) is 8.56. The molecule has 0 atom stereocenters. The number of ketones is 2. The summed E-state index contributed by atoms with van der Waals surface area (Å²) in [5, 5.41) is 1.19. The highest BCUT2D eigenvalue weighted by Gasteiger charge is 2.27. The van der Waals surface area contributed by atoms with Crippen molar-refractivity contribution in [2.24, 2.45) is 0 Å². The highest BCUT2D eigenvalue weighted by atomic mass is 79.9. The van der Waals surface area contributed by atoms with Crippen molar-refractivity contribution in [3.63, 3.8) is 0 Å². The van der Waals surface area contributed by atoms with Gasteiger partial charge in [-0.15, -0.1) is 0 Å². The fraction of sp³-hybridized carbons (Fsp3) is 0.192. The van der Waals surface area contributed by atoms with Crippen LogP contribution in [0.15, 0.2) is 72.8 Å². The summed E-state index contributed by atoms with van der Waals surface area (Å²) in [6, 6.07) is 21.8. The first-order valence-corrected chi connectivity index (χ1v) is 11.3. The number of imidazole rings is 1. The summed E-state index contributed by atoms with van der Waals surface area (Å²) < 4.78 is 4.07. The van der Waals surface area contributed by atoms with Crippen molar-refractivity contribution < 1.29 is 31.1 Å². The highest BCUT2D eigenvalue weighted by Crippen LogP contribution is 2.19. The second-order valence-electron chi connectivity index (χ2n) is 7.69. The van der Waals surface area contributed by atoms with E-state index in [2.05, 4.69) is 6.92 Å². The van der Waals surface area contributed by atoms with Gasteiger partial charge in [-0.3, -0.25) is 9.59 Å². The standard InChI is InChI=1S/C26H23Cl2N2O2.BrH/c1-2-5-26-29(16-24(31)18-8-12-20(27)13-9-18)22-6-3-4-7-23(22)30(26)17-25(32)19-10-14-21(28)15-11-19;/h3-4,6-15H,2,5,16-17H2,1H3;1H/q+1;/p-1. The van der Waals surface area contributed by atoms with Gasteiger partial charge in [0.2, 0.25) is 11.6 Å². The van der Waals surface area contributed by atoms with Gasteiger partial charge in [-0.05, 0) is 67.1 Å². The van der Waals surface area contributed by atoms with Gasteiger partial charge in [0, 0.05) is 27.6 Å².